The van der Waals surface area contributed by atoms with Crippen LogP contribution < -0.4 is 5.73 Å². The van der Waals surface area contributed by atoms with Crippen LogP contribution in [0.3, 0.4) is 0 Å². The Kier molecular flexibility index (Phi) is 3.26. The second kappa shape index (κ2) is 4.24. The van der Waals surface area contributed by atoms with Crippen LogP contribution in [-0.2, 0) is 0 Å². The Hall–Kier alpha value is -1.08. The molecule has 1 atom stereocenters. The summed E-state index contributed by atoms with van der Waals surface area (Å²) in [5, 5.41) is 0. The molecule has 13 heavy (non-hydrogen) atoms. The molecule has 0 amide bonds. The van der Waals surface area contributed by atoms with Crippen molar-refractivity contribution in [3.05, 3.63) is 48.0 Å². The quantitative estimate of drug-likeness (QED) is 0.702. The van der Waals surface area contributed by atoms with E-state index in [2.05, 4.69) is 32.6 Å². The second-order valence-electron chi connectivity index (χ2n) is 3.59. The van der Waals surface area contributed by atoms with Gasteiger partial charge in [-0.15, -0.1) is 6.58 Å². The molecule has 1 aromatic carbocycles. The first-order chi connectivity index (χ1) is 6.15. The van der Waals surface area contributed by atoms with Crippen LogP contribution >= 0.6 is 0 Å². The molecule has 2 N–H and O–H groups in total. The van der Waals surface area contributed by atoms with Gasteiger partial charge in [-0.25, -0.2) is 0 Å². The molecule has 0 aliphatic carbocycles. The highest BCUT2D eigenvalue weighted by molar-refractivity contribution is 5.29. The van der Waals surface area contributed by atoms with Crippen molar-refractivity contribution in [1.82, 2.24) is 0 Å². The first-order valence-corrected chi connectivity index (χ1v) is 4.63. The molecule has 0 saturated carbocycles. The lowest BCUT2D eigenvalue weighted by atomic mass is 9.98. The first kappa shape index (κ1) is 10.0. The van der Waals surface area contributed by atoms with Crippen molar-refractivity contribution >= 4 is 0 Å². The maximum atomic E-state index is 5.85. The minimum Gasteiger partial charge on any atom is -0.321 e. The van der Waals surface area contributed by atoms with Crippen LogP contribution in [0, 0.1) is 0 Å². The third-order valence-corrected chi connectivity index (χ3v) is 2.22. The molecule has 0 radical (unpaired) electrons. The molecule has 0 bridgehead atoms. The molecule has 0 heterocycles. The molecule has 0 aliphatic heterocycles. The molecule has 0 aromatic heterocycles. The number of hydrogen-bond acceptors (Lipinski definition) is 1. The van der Waals surface area contributed by atoms with E-state index in [4.69, 9.17) is 5.73 Å². The van der Waals surface area contributed by atoms with Crippen molar-refractivity contribution in [2.45, 2.75) is 25.8 Å². The predicted molar refractivity (Wildman–Crippen MR) is 57.7 cm³/mol. The van der Waals surface area contributed by atoms with Gasteiger partial charge in [0, 0.05) is 6.04 Å². The van der Waals surface area contributed by atoms with Crippen molar-refractivity contribution in [2.24, 2.45) is 5.73 Å². The Bertz CT molecular complexity index is 289. The van der Waals surface area contributed by atoms with Gasteiger partial charge in [0.1, 0.15) is 0 Å². The van der Waals surface area contributed by atoms with Gasteiger partial charge in [0.2, 0.25) is 0 Å². The number of hydrogen-bond donors (Lipinski definition) is 1. The van der Waals surface area contributed by atoms with E-state index in [9.17, 15) is 0 Å². The molecule has 1 heteroatoms. The zero-order valence-corrected chi connectivity index (χ0v) is 8.33. The molecule has 0 spiro atoms. The number of nitrogens with two attached hydrogens (primary N) is 1. The molecule has 70 valence electrons. The summed E-state index contributed by atoms with van der Waals surface area (Å²) in [7, 11) is 0. The summed E-state index contributed by atoms with van der Waals surface area (Å²) in [4.78, 5) is 0. The fraction of sp³-hybridized carbons (Fsp3) is 0.333. The largest absolute Gasteiger partial charge is 0.321 e. The fourth-order valence-corrected chi connectivity index (χ4v) is 1.26. The van der Waals surface area contributed by atoms with Crippen molar-refractivity contribution < 1.29 is 0 Å². The van der Waals surface area contributed by atoms with Gasteiger partial charge in [0.25, 0.3) is 0 Å². The van der Waals surface area contributed by atoms with Crippen LogP contribution in [0.5, 0.6) is 0 Å². The Morgan fingerprint density at radius 1 is 1.31 bits per heavy atom. The summed E-state index contributed by atoms with van der Waals surface area (Å²) >= 11 is 0. The minimum atomic E-state index is -0.0429. The Morgan fingerprint density at radius 3 is 2.46 bits per heavy atom. The summed E-state index contributed by atoms with van der Waals surface area (Å²) in [5.41, 5.74) is 8.31. The van der Waals surface area contributed by atoms with Gasteiger partial charge < -0.3 is 5.73 Å². The molecule has 1 aromatic rings. The van der Waals surface area contributed by atoms with E-state index in [1.807, 2.05) is 12.1 Å². The van der Waals surface area contributed by atoms with Crippen LogP contribution in [0.4, 0.5) is 0 Å². The molecule has 0 fully saturated rings. The van der Waals surface area contributed by atoms with Gasteiger partial charge in [-0.05, 0) is 17.0 Å². The maximum absolute atomic E-state index is 5.85. The highest BCUT2D eigenvalue weighted by Crippen LogP contribution is 2.19. The van der Waals surface area contributed by atoms with E-state index in [0.29, 0.717) is 5.92 Å². The zero-order chi connectivity index (χ0) is 9.84. The molecular weight excluding hydrogens is 158 g/mol. The average molecular weight is 175 g/mol. The number of rotatable bonds is 3. The van der Waals surface area contributed by atoms with Crippen molar-refractivity contribution in [3.8, 4) is 0 Å². The van der Waals surface area contributed by atoms with Gasteiger partial charge in [-0.2, -0.15) is 0 Å². The molecule has 0 saturated heterocycles. The lowest BCUT2D eigenvalue weighted by molar-refractivity contribution is 0.849. The van der Waals surface area contributed by atoms with Crippen LogP contribution in [0.25, 0.3) is 0 Å². The van der Waals surface area contributed by atoms with Crippen molar-refractivity contribution in [3.63, 3.8) is 0 Å². The predicted octanol–water partition coefficient (Wildman–Crippen LogP) is 3.00. The molecular formula is C12H17N. The van der Waals surface area contributed by atoms with E-state index in [0.717, 1.165) is 5.56 Å². The van der Waals surface area contributed by atoms with Crippen LogP contribution in [0.1, 0.15) is 36.9 Å². The Balaban J connectivity index is 2.97. The summed E-state index contributed by atoms with van der Waals surface area (Å²) in [6, 6.07) is 8.33. The van der Waals surface area contributed by atoms with E-state index < -0.39 is 0 Å². The normalized spacial score (nSPS) is 12.9. The van der Waals surface area contributed by atoms with Crippen LogP contribution in [-0.4, -0.2) is 0 Å². The minimum absolute atomic E-state index is 0.0429. The van der Waals surface area contributed by atoms with E-state index in [1.165, 1.54) is 5.56 Å². The summed E-state index contributed by atoms with van der Waals surface area (Å²) in [6.07, 6.45) is 1.76. The maximum Gasteiger partial charge on any atom is 0.0478 e. The molecule has 1 nitrogen and oxygen atoms in total. The van der Waals surface area contributed by atoms with Crippen LogP contribution in [0.15, 0.2) is 36.9 Å². The van der Waals surface area contributed by atoms with Crippen molar-refractivity contribution in [2.75, 3.05) is 0 Å². The average Bonchev–Trinajstić information content (AvgIpc) is 2.17. The molecule has 1 rings (SSSR count). The standard InChI is InChI=1S/C12H17N/c1-4-12(13)11-7-5-6-10(8-11)9(2)3/h4-9,12H,1,13H2,2-3H3/t12-/m1/s1. The Morgan fingerprint density at radius 2 is 1.92 bits per heavy atom. The number of benzene rings is 1. The van der Waals surface area contributed by atoms with Gasteiger partial charge in [0.15, 0.2) is 0 Å². The molecule has 0 aliphatic rings. The highest BCUT2D eigenvalue weighted by Gasteiger charge is 2.03. The SMILES string of the molecule is C=C[C@@H](N)c1cccc(C(C)C)c1. The smallest absolute Gasteiger partial charge is 0.0478 e. The van der Waals surface area contributed by atoms with Gasteiger partial charge in [-0.3, -0.25) is 0 Å². The second-order valence-corrected chi connectivity index (χ2v) is 3.59. The van der Waals surface area contributed by atoms with Gasteiger partial charge >= 0.3 is 0 Å². The topological polar surface area (TPSA) is 26.0 Å². The van der Waals surface area contributed by atoms with Gasteiger partial charge in [-0.1, -0.05) is 44.2 Å². The lowest BCUT2D eigenvalue weighted by Crippen LogP contribution is -2.06. The monoisotopic (exact) mass is 175 g/mol. The Labute approximate surface area is 80.3 Å². The van der Waals surface area contributed by atoms with Gasteiger partial charge in [0.05, 0.1) is 0 Å². The third kappa shape index (κ3) is 2.43. The summed E-state index contributed by atoms with van der Waals surface area (Å²) in [5.74, 6) is 0.553. The van der Waals surface area contributed by atoms with E-state index >= 15 is 0 Å². The highest BCUT2D eigenvalue weighted by atomic mass is 14.6. The third-order valence-electron chi connectivity index (χ3n) is 2.22. The fourth-order valence-electron chi connectivity index (χ4n) is 1.26. The summed E-state index contributed by atoms with van der Waals surface area (Å²) in [6.45, 7) is 8.04. The first-order valence-electron chi connectivity index (χ1n) is 4.63. The van der Waals surface area contributed by atoms with Crippen molar-refractivity contribution in [1.29, 1.82) is 0 Å². The van der Waals surface area contributed by atoms with Crippen LogP contribution in [0.2, 0.25) is 0 Å². The zero-order valence-electron chi connectivity index (χ0n) is 8.33. The van der Waals surface area contributed by atoms with E-state index in [-0.39, 0.29) is 6.04 Å². The lowest BCUT2D eigenvalue weighted by Gasteiger charge is -2.10. The summed E-state index contributed by atoms with van der Waals surface area (Å²) < 4.78 is 0. The molecule has 0 unspecified atom stereocenters. The van der Waals surface area contributed by atoms with E-state index in [1.54, 1.807) is 6.08 Å².